The Morgan fingerprint density at radius 3 is 2.82 bits per heavy atom. The molecule has 0 saturated carbocycles. The molecule has 5 rings (SSSR count). The second kappa shape index (κ2) is 3.99. The van der Waals surface area contributed by atoms with Crippen molar-refractivity contribution < 1.29 is 4.57 Å². The van der Waals surface area contributed by atoms with E-state index in [1.807, 2.05) is 11.3 Å². The van der Waals surface area contributed by atoms with Gasteiger partial charge in [0.25, 0.3) is 0 Å². The van der Waals surface area contributed by atoms with Gasteiger partial charge in [-0.15, -0.1) is 11.3 Å². The van der Waals surface area contributed by atoms with Crippen LogP contribution >= 0.6 is 11.3 Å². The number of fused-ring (bicyclic) bond motifs is 2. The summed E-state index contributed by atoms with van der Waals surface area (Å²) in [5.41, 5.74) is 8.24. The molecule has 1 aliphatic heterocycles. The fourth-order valence-electron chi connectivity index (χ4n) is 3.88. The summed E-state index contributed by atoms with van der Waals surface area (Å²) in [4.78, 5) is 0. The SMILES string of the molecule is Cc1cc(C)n2c1-c1cccc3sc4c(C)cc[n+](c4c13)C2. The minimum Gasteiger partial charge on any atom is -0.289 e. The summed E-state index contributed by atoms with van der Waals surface area (Å²) in [6.45, 7) is 7.55. The van der Waals surface area contributed by atoms with Crippen molar-refractivity contribution in [1.82, 2.24) is 4.57 Å². The second-order valence-electron chi connectivity index (χ2n) is 6.31. The van der Waals surface area contributed by atoms with Crippen LogP contribution in [0.15, 0.2) is 36.5 Å². The molecule has 0 atom stereocenters. The fraction of sp³-hybridized carbons (Fsp3) is 0.211. The average Bonchev–Trinajstić information content (AvgIpc) is 2.95. The molecule has 0 aliphatic carbocycles. The van der Waals surface area contributed by atoms with Gasteiger partial charge in [-0.2, -0.15) is 4.57 Å². The van der Waals surface area contributed by atoms with E-state index < -0.39 is 0 Å². The van der Waals surface area contributed by atoms with Crippen LogP contribution in [-0.2, 0) is 6.67 Å². The molecule has 3 aromatic heterocycles. The molecule has 1 aliphatic rings. The highest BCUT2D eigenvalue weighted by Gasteiger charge is 2.27. The summed E-state index contributed by atoms with van der Waals surface area (Å²) in [7, 11) is 0. The number of pyridine rings is 1. The number of aryl methyl sites for hydroxylation is 3. The lowest BCUT2D eigenvalue weighted by Gasteiger charge is -2.08. The molecule has 22 heavy (non-hydrogen) atoms. The van der Waals surface area contributed by atoms with E-state index >= 15 is 0 Å². The van der Waals surface area contributed by atoms with E-state index in [2.05, 4.69) is 66.4 Å². The molecule has 0 unspecified atom stereocenters. The Bertz CT molecular complexity index is 1080. The van der Waals surface area contributed by atoms with Crippen LogP contribution in [0.2, 0.25) is 0 Å². The van der Waals surface area contributed by atoms with Gasteiger partial charge in [0.2, 0.25) is 12.2 Å². The van der Waals surface area contributed by atoms with E-state index in [0.717, 1.165) is 6.67 Å². The number of rotatable bonds is 0. The van der Waals surface area contributed by atoms with Gasteiger partial charge in [0, 0.05) is 22.0 Å². The monoisotopic (exact) mass is 305 g/mol. The molecule has 0 bridgehead atoms. The van der Waals surface area contributed by atoms with E-state index in [4.69, 9.17) is 0 Å². The molecule has 0 fully saturated rings. The summed E-state index contributed by atoms with van der Waals surface area (Å²) in [5, 5.41) is 1.42. The predicted molar refractivity (Wildman–Crippen MR) is 92.6 cm³/mol. The predicted octanol–water partition coefficient (Wildman–Crippen LogP) is 4.55. The first kappa shape index (κ1) is 12.4. The van der Waals surface area contributed by atoms with E-state index in [1.54, 1.807) is 0 Å². The maximum absolute atomic E-state index is 2.45. The van der Waals surface area contributed by atoms with Crippen molar-refractivity contribution in [3.05, 3.63) is 53.3 Å². The van der Waals surface area contributed by atoms with Gasteiger partial charge in [0.05, 0.1) is 11.1 Å². The maximum atomic E-state index is 2.45. The third kappa shape index (κ3) is 1.37. The van der Waals surface area contributed by atoms with Crippen molar-refractivity contribution in [2.75, 3.05) is 0 Å². The van der Waals surface area contributed by atoms with Crippen LogP contribution in [0.1, 0.15) is 16.8 Å². The Balaban J connectivity index is 2.11. The van der Waals surface area contributed by atoms with E-state index in [9.17, 15) is 0 Å². The minimum absolute atomic E-state index is 0.895. The molecule has 2 nitrogen and oxygen atoms in total. The first-order valence-electron chi connectivity index (χ1n) is 7.66. The molecule has 0 N–H and O–H groups in total. The van der Waals surface area contributed by atoms with Gasteiger partial charge in [0.1, 0.15) is 4.70 Å². The standard InChI is InChI=1S/C19H17N2S/c1-11-7-8-20-10-21-13(3)9-12(2)17(21)14-5-4-6-15-16(14)18(20)19(11)22-15/h4-9H,10H2,1-3H3/q+1. The molecule has 0 spiro atoms. The highest BCUT2D eigenvalue weighted by Crippen LogP contribution is 2.42. The van der Waals surface area contributed by atoms with Gasteiger partial charge >= 0.3 is 0 Å². The van der Waals surface area contributed by atoms with Crippen LogP contribution in [0.4, 0.5) is 0 Å². The molecule has 0 saturated heterocycles. The second-order valence-corrected chi connectivity index (χ2v) is 7.37. The molecule has 4 aromatic rings. The van der Waals surface area contributed by atoms with Gasteiger partial charge in [-0.3, -0.25) is 4.57 Å². The Morgan fingerprint density at radius 1 is 1.09 bits per heavy atom. The Kier molecular flexibility index (Phi) is 2.25. The summed E-state index contributed by atoms with van der Waals surface area (Å²) < 4.78 is 7.67. The van der Waals surface area contributed by atoms with Crippen molar-refractivity contribution >= 4 is 31.6 Å². The zero-order valence-corrected chi connectivity index (χ0v) is 13.8. The van der Waals surface area contributed by atoms with Crippen molar-refractivity contribution in [2.45, 2.75) is 27.4 Å². The smallest absolute Gasteiger partial charge is 0.233 e. The number of aromatic nitrogens is 2. The van der Waals surface area contributed by atoms with Crippen LogP contribution in [0.3, 0.4) is 0 Å². The lowest BCUT2D eigenvalue weighted by atomic mass is 10.0. The van der Waals surface area contributed by atoms with Gasteiger partial charge in [0.15, 0.2) is 6.20 Å². The maximum Gasteiger partial charge on any atom is 0.233 e. The lowest BCUT2D eigenvalue weighted by molar-refractivity contribution is -0.674. The van der Waals surface area contributed by atoms with Crippen LogP contribution in [0, 0.1) is 20.8 Å². The molecular weight excluding hydrogens is 288 g/mol. The molecule has 108 valence electrons. The number of hydrogen-bond acceptors (Lipinski definition) is 1. The number of benzene rings is 1. The number of nitrogens with zero attached hydrogens (tertiary/aromatic N) is 2. The van der Waals surface area contributed by atoms with Crippen molar-refractivity contribution in [3.63, 3.8) is 0 Å². The zero-order valence-electron chi connectivity index (χ0n) is 13.0. The Labute approximate surface area is 133 Å². The molecule has 0 radical (unpaired) electrons. The van der Waals surface area contributed by atoms with Crippen molar-refractivity contribution in [1.29, 1.82) is 0 Å². The average molecular weight is 305 g/mol. The minimum atomic E-state index is 0.895. The topological polar surface area (TPSA) is 8.81 Å². The molecule has 0 amide bonds. The molecular formula is C19H17N2S+. The summed E-state index contributed by atoms with van der Waals surface area (Å²) >= 11 is 1.92. The van der Waals surface area contributed by atoms with Crippen LogP contribution in [0.5, 0.6) is 0 Å². The van der Waals surface area contributed by atoms with Crippen molar-refractivity contribution in [3.8, 4) is 11.3 Å². The lowest BCUT2D eigenvalue weighted by Crippen LogP contribution is -2.37. The van der Waals surface area contributed by atoms with Gasteiger partial charge in [-0.25, -0.2) is 0 Å². The Hall–Kier alpha value is -2.13. The highest BCUT2D eigenvalue weighted by molar-refractivity contribution is 7.26. The molecule has 3 heteroatoms. The fourth-order valence-corrected chi connectivity index (χ4v) is 5.10. The molecule has 1 aromatic carbocycles. The van der Waals surface area contributed by atoms with E-state index in [0.29, 0.717) is 0 Å². The summed E-state index contributed by atoms with van der Waals surface area (Å²) in [5.74, 6) is 0. The van der Waals surface area contributed by atoms with Gasteiger partial charge in [-0.1, -0.05) is 12.1 Å². The van der Waals surface area contributed by atoms with Crippen molar-refractivity contribution in [2.24, 2.45) is 0 Å². The first-order chi connectivity index (χ1) is 10.6. The first-order valence-corrected chi connectivity index (χ1v) is 8.48. The zero-order chi connectivity index (χ0) is 15.0. The number of thiophene rings is 1. The van der Waals surface area contributed by atoms with Crippen LogP contribution in [-0.4, -0.2) is 4.57 Å². The summed E-state index contributed by atoms with van der Waals surface area (Å²) in [6.07, 6.45) is 2.24. The van der Waals surface area contributed by atoms with E-state index in [-0.39, 0.29) is 0 Å². The van der Waals surface area contributed by atoms with Crippen LogP contribution < -0.4 is 4.57 Å². The van der Waals surface area contributed by atoms with E-state index in [1.165, 1.54) is 48.4 Å². The third-order valence-electron chi connectivity index (χ3n) is 4.88. The Morgan fingerprint density at radius 2 is 1.95 bits per heavy atom. The van der Waals surface area contributed by atoms with Gasteiger partial charge < -0.3 is 0 Å². The molecule has 4 heterocycles. The highest BCUT2D eigenvalue weighted by atomic mass is 32.1. The normalized spacial score (nSPS) is 13.0. The van der Waals surface area contributed by atoms with Gasteiger partial charge in [-0.05, 0) is 44.0 Å². The van der Waals surface area contributed by atoms with Crippen LogP contribution in [0.25, 0.3) is 31.6 Å². The third-order valence-corrected chi connectivity index (χ3v) is 6.16. The summed E-state index contributed by atoms with van der Waals surface area (Å²) in [6, 6.07) is 11.3. The quantitative estimate of drug-likeness (QED) is 0.371. The number of hydrogen-bond donors (Lipinski definition) is 0. The largest absolute Gasteiger partial charge is 0.289 e.